The van der Waals surface area contributed by atoms with Gasteiger partial charge >= 0.3 is 5.97 Å². The first-order chi connectivity index (χ1) is 10.6. The van der Waals surface area contributed by atoms with Crippen LogP contribution in [0.2, 0.25) is 0 Å². The van der Waals surface area contributed by atoms with Crippen molar-refractivity contribution in [1.29, 1.82) is 0 Å². The first kappa shape index (κ1) is 18.6. The maximum absolute atomic E-state index is 12.1. The van der Waals surface area contributed by atoms with Crippen LogP contribution in [0.5, 0.6) is 5.75 Å². The van der Waals surface area contributed by atoms with Crippen LogP contribution in [0.3, 0.4) is 0 Å². The summed E-state index contributed by atoms with van der Waals surface area (Å²) in [6.07, 6.45) is 5.87. The molecule has 0 aliphatic heterocycles. The first-order valence-electron chi connectivity index (χ1n) is 7.63. The van der Waals surface area contributed by atoms with Crippen LogP contribution in [0.25, 0.3) is 0 Å². The monoisotopic (exact) mass is 327 g/mol. The lowest BCUT2D eigenvalue weighted by Crippen LogP contribution is -2.23. The molecule has 0 fully saturated rings. The van der Waals surface area contributed by atoms with E-state index in [1.54, 1.807) is 11.4 Å². The summed E-state index contributed by atoms with van der Waals surface area (Å²) in [4.78, 5) is 23.7. The van der Waals surface area contributed by atoms with E-state index in [1.165, 1.54) is 37.7 Å². The molecule has 6 heteroatoms. The molecular formula is C16H25NO4S. The van der Waals surface area contributed by atoms with E-state index < -0.39 is 5.97 Å². The largest absolute Gasteiger partial charge is 0.481 e. The molecule has 5 nitrogen and oxygen atoms in total. The van der Waals surface area contributed by atoms with Crippen molar-refractivity contribution >= 4 is 23.1 Å². The number of nitrogens with two attached hydrogens (primary N) is 1. The summed E-state index contributed by atoms with van der Waals surface area (Å²) >= 11 is 1.31. The Kier molecular flexibility index (Phi) is 8.77. The molecule has 1 aromatic rings. The fourth-order valence-electron chi connectivity index (χ4n) is 2.02. The Morgan fingerprint density at radius 2 is 2.09 bits per heavy atom. The quantitative estimate of drug-likeness (QED) is 0.384. The van der Waals surface area contributed by atoms with Crippen molar-refractivity contribution in [3.63, 3.8) is 0 Å². The molecule has 22 heavy (non-hydrogen) atoms. The average Bonchev–Trinajstić information content (AvgIpc) is 2.98. The second-order valence-electron chi connectivity index (χ2n) is 5.25. The van der Waals surface area contributed by atoms with Gasteiger partial charge in [-0.1, -0.05) is 32.6 Å². The van der Waals surface area contributed by atoms with Gasteiger partial charge in [0.25, 0.3) is 0 Å². The van der Waals surface area contributed by atoms with Gasteiger partial charge in [-0.05, 0) is 6.42 Å². The number of ketones is 1. The average molecular weight is 327 g/mol. The summed E-state index contributed by atoms with van der Waals surface area (Å²) in [5.74, 6) is 0.0874. The SMILES string of the molecule is CCCCCCC(N)CC(=O)c1cc(OCC(=O)OC)cs1. The summed E-state index contributed by atoms with van der Waals surface area (Å²) in [5.41, 5.74) is 6.01. The molecule has 0 amide bonds. The highest BCUT2D eigenvalue weighted by Gasteiger charge is 2.14. The number of rotatable bonds is 11. The summed E-state index contributed by atoms with van der Waals surface area (Å²) in [7, 11) is 1.30. The molecule has 2 N–H and O–H groups in total. The number of thiophene rings is 1. The van der Waals surface area contributed by atoms with Crippen LogP contribution >= 0.6 is 11.3 Å². The predicted octanol–water partition coefficient (Wildman–Crippen LogP) is 3.17. The van der Waals surface area contributed by atoms with Crippen LogP contribution in [0, 0.1) is 0 Å². The minimum absolute atomic E-state index is 0.0286. The molecule has 0 aliphatic rings. The minimum atomic E-state index is -0.451. The van der Waals surface area contributed by atoms with E-state index in [9.17, 15) is 9.59 Å². The van der Waals surface area contributed by atoms with Crippen molar-refractivity contribution in [2.24, 2.45) is 5.73 Å². The molecule has 0 aliphatic carbocycles. The van der Waals surface area contributed by atoms with Gasteiger partial charge in [0.1, 0.15) is 5.75 Å². The third-order valence-corrected chi connectivity index (χ3v) is 4.26. The first-order valence-corrected chi connectivity index (χ1v) is 8.51. The van der Waals surface area contributed by atoms with E-state index in [0.29, 0.717) is 17.0 Å². The van der Waals surface area contributed by atoms with Gasteiger partial charge < -0.3 is 15.2 Å². The maximum Gasteiger partial charge on any atom is 0.343 e. The van der Waals surface area contributed by atoms with E-state index in [-0.39, 0.29) is 18.4 Å². The molecule has 1 atom stereocenters. The highest BCUT2D eigenvalue weighted by atomic mass is 32.1. The molecule has 0 saturated heterocycles. The van der Waals surface area contributed by atoms with Gasteiger partial charge in [-0.25, -0.2) is 4.79 Å². The smallest absolute Gasteiger partial charge is 0.343 e. The third kappa shape index (κ3) is 7.04. The summed E-state index contributed by atoms with van der Waals surface area (Å²) < 4.78 is 9.73. The molecule has 1 rings (SSSR count). The number of carbonyl (C=O) groups is 2. The number of hydrogen-bond acceptors (Lipinski definition) is 6. The normalized spacial score (nSPS) is 12.0. The zero-order valence-electron chi connectivity index (χ0n) is 13.3. The molecule has 1 aromatic heterocycles. The van der Waals surface area contributed by atoms with E-state index in [4.69, 9.17) is 10.5 Å². The van der Waals surface area contributed by atoms with Gasteiger partial charge in [-0.3, -0.25) is 4.79 Å². The van der Waals surface area contributed by atoms with E-state index in [1.807, 2.05) is 0 Å². The van der Waals surface area contributed by atoms with Crippen molar-refractivity contribution in [3.05, 3.63) is 16.3 Å². The number of methoxy groups -OCH3 is 1. The highest BCUT2D eigenvalue weighted by molar-refractivity contribution is 7.12. The third-order valence-electron chi connectivity index (χ3n) is 3.31. The van der Waals surface area contributed by atoms with E-state index >= 15 is 0 Å². The Morgan fingerprint density at radius 3 is 2.77 bits per heavy atom. The van der Waals surface area contributed by atoms with Crippen molar-refractivity contribution in [2.45, 2.75) is 51.5 Å². The van der Waals surface area contributed by atoms with E-state index in [2.05, 4.69) is 11.7 Å². The minimum Gasteiger partial charge on any atom is -0.481 e. The Morgan fingerprint density at radius 1 is 1.32 bits per heavy atom. The van der Waals surface area contributed by atoms with Crippen molar-refractivity contribution in [1.82, 2.24) is 0 Å². The van der Waals surface area contributed by atoms with Gasteiger partial charge in [-0.15, -0.1) is 11.3 Å². The van der Waals surface area contributed by atoms with Gasteiger partial charge in [-0.2, -0.15) is 0 Å². The standard InChI is InChI=1S/C16H25NO4S/c1-3-4-5-6-7-12(17)8-14(18)15-9-13(11-22-15)21-10-16(19)20-2/h9,11-12H,3-8,10,17H2,1-2H3. The lowest BCUT2D eigenvalue weighted by molar-refractivity contribution is -0.142. The number of unbranched alkanes of at least 4 members (excludes halogenated alkanes) is 3. The molecule has 0 spiro atoms. The number of hydrogen-bond donors (Lipinski definition) is 1. The predicted molar refractivity (Wildman–Crippen MR) is 87.5 cm³/mol. The lowest BCUT2D eigenvalue weighted by Gasteiger charge is -2.09. The second-order valence-corrected chi connectivity index (χ2v) is 6.16. The van der Waals surface area contributed by atoms with Gasteiger partial charge in [0.2, 0.25) is 0 Å². The number of esters is 1. The van der Waals surface area contributed by atoms with Crippen LogP contribution in [0.15, 0.2) is 11.4 Å². The van der Waals surface area contributed by atoms with Crippen LogP contribution in [-0.2, 0) is 9.53 Å². The molecule has 124 valence electrons. The Balaban J connectivity index is 2.36. The number of carbonyl (C=O) groups excluding carboxylic acids is 2. The zero-order chi connectivity index (χ0) is 16.4. The molecular weight excluding hydrogens is 302 g/mol. The lowest BCUT2D eigenvalue weighted by atomic mass is 10.0. The van der Waals surface area contributed by atoms with Crippen molar-refractivity contribution < 1.29 is 19.1 Å². The number of ether oxygens (including phenoxy) is 2. The molecule has 0 bridgehead atoms. The van der Waals surface area contributed by atoms with Crippen molar-refractivity contribution in [3.8, 4) is 5.75 Å². The Hall–Kier alpha value is -1.40. The van der Waals surface area contributed by atoms with Crippen molar-refractivity contribution in [2.75, 3.05) is 13.7 Å². The molecule has 0 aromatic carbocycles. The van der Waals surface area contributed by atoms with Gasteiger partial charge in [0.15, 0.2) is 12.4 Å². The molecule has 1 unspecified atom stereocenters. The van der Waals surface area contributed by atoms with Crippen LogP contribution in [0.4, 0.5) is 0 Å². The van der Waals surface area contributed by atoms with E-state index in [0.717, 1.165) is 12.8 Å². The highest BCUT2D eigenvalue weighted by Crippen LogP contribution is 2.23. The fourth-order valence-corrected chi connectivity index (χ4v) is 2.79. The topological polar surface area (TPSA) is 78.6 Å². The van der Waals surface area contributed by atoms with Crippen LogP contribution in [0.1, 0.15) is 55.1 Å². The summed E-state index contributed by atoms with van der Waals surface area (Å²) in [6, 6.07) is 1.56. The summed E-state index contributed by atoms with van der Waals surface area (Å²) in [5, 5.41) is 1.71. The Bertz CT molecular complexity index is 472. The molecule has 0 saturated carbocycles. The second kappa shape index (κ2) is 10.3. The van der Waals surface area contributed by atoms with Crippen LogP contribution < -0.4 is 10.5 Å². The van der Waals surface area contributed by atoms with Gasteiger partial charge in [0.05, 0.1) is 12.0 Å². The maximum atomic E-state index is 12.1. The Labute approximate surface area is 135 Å². The zero-order valence-corrected chi connectivity index (χ0v) is 14.1. The van der Waals surface area contributed by atoms with Crippen LogP contribution in [-0.4, -0.2) is 31.5 Å². The summed E-state index contributed by atoms with van der Waals surface area (Å²) in [6.45, 7) is 2.01. The number of Topliss-reactive ketones (excluding diaryl/α,β-unsaturated/α-hetero) is 1. The van der Waals surface area contributed by atoms with Gasteiger partial charge in [0, 0.05) is 23.9 Å². The molecule has 0 radical (unpaired) electrons. The molecule has 1 heterocycles. The fraction of sp³-hybridized carbons (Fsp3) is 0.625.